The van der Waals surface area contributed by atoms with Crippen molar-refractivity contribution in [2.24, 2.45) is 0 Å². The van der Waals surface area contributed by atoms with Crippen LogP contribution in [-0.4, -0.2) is 61.0 Å². The second-order valence-electron chi connectivity index (χ2n) is 9.01. The van der Waals surface area contributed by atoms with Gasteiger partial charge >= 0.3 is 0 Å². The first kappa shape index (κ1) is 22.8. The highest BCUT2D eigenvalue weighted by molar-refractivity contribution is 5.98. The number of nitrogens with zero attached hydrogens (tertiary/aromatic N) is 4. The molecule has 1 aromatic heterocycles. The maximum absolute atomic E-state index is 12.1. The number of piperazine rings is 1. The van der Waals surface area contributed by atoms with E-state index < -0.39 is 0 Å². The van der Waals surface area contributed by atoms with Crippen LogP contribution in [0.2, 0.25) is 0 Å². The number of rotatable bonds is 5. The van der Waals surface area contributed by atoms with E-state index in [1.54, 1.807) is 7.05 Å². The number of nitrogens with one attached hydrogen (secondary N) is 2. The van der Waals surface area contributed by atoms with Crippen molar-refractivity contribution < 1.29 is 4.79 Å². The Kier molecular flexibility index (Phi) is 6.33. The van der Waals surface area contributed by atoms with Gasteiger partial charge in [-0.1, -0.05) is 30.3 Å². The molecule has 3 aromatic carbocycles. The minimum Gasteiger partial charge on any atom is -0.369 e. The van der Waals surface area contributed by atoms with Gasteiger partial charge in [0.05, 0.1) is 5.52 Å². The number of para-hydroxylation sites is 1. The van der Waals surface area contributed by atoms with Gasteiger partial charge in [0.25, 0.3) is 5.91 Å². The van der Waals surface area contributed by atoms with Gasteiger partial charge in [0, 0.05) is 67.3 Å². The molecule has 2 N–H and O–H groups in total. The maximum atomic E-state index is 12.1. The van der Waals surface area contributed by atoms with Crippen molar-refractivity contribution in [3.05, 3.63) is 78.0 Å². The van der Waals surface area contributed by atoms with E-state index in [-0.39, 0.29) is 5.91 Å². The van der Waals surface area contributed by atoms with Gasteiger partial charge in [0.2, 0.25) is 5.95 Å². The summed E-state index contributed by atoms with van der Waals surface area (Å²) in [5.41, 5.74) is 6.82. The van der Waals surface area contributed by atoms with Crippen LogP contribution in [0.3, 0.4) is 0 Å². The largest absolute Gasteiger partial charge is 0.369 e. The lowest BCUT2D eigenvalue weighted by molar-refractivity contribution is 0.0963. The molecule has 0 aliphatic carbocycles. The monoisotopic (exact) mass is 466 g/mol. The summed E-state index contributed by atoms with van der Waals surface area (Å²) in [5.74, 6) is 0.429. The van der Waals surface area contributed by atoms with Crippen molar-refractivity contribution in [2.45, 2.75) is 6.92 Å². The summed E-state index contributed by atoms with van der Waals surface area (Å²) in [6.45, 7) is 6.40. The van der Waals surface area contributed by atoms with Gasteiger partial charge in [-0.2, -0.15) is 0 Å². The molecule has 0 unspecified atom stereocenters. The first-order valence-electron chi connectivity index (χ1n) is 11.9. The lowest BCUT2D eigenvalue weighted by Gasteiger charge is -2.35. The zero-order valence-electron chi connectivity index (χ0n) is 20.4. The van der Waals surface area contributed by atoms with Gasteiger partial charge < -0.3 is 20.4 Å². The molecule has 35 heavy (non-hydrogen) atoms. The zero-order valence-corrected chi connectivity index (χ0v) is 20.4. The lowest BCUT2D eigenvalue weighted by atomic mass is 10.0. The van der Waals surface area contributed by atoms with Crippen molar-refractivity contribution in [1.82, 2.24) is 20.2 Å². The fraction of sp³-hybridized carbons (Fsp3) is 0.250. The first-order valence-corrected chi connectivity index (χ1v) is 11.9. The van der Waals surface area contributed by atoms with Crippen LogP contribution < -0.4 is 15.5 Å². The Labute approximate surface area is 205 Å². The Balaban J connectivity index is 1.43. The molecule has 0 radical (unpaired) electrons. The van der Waals surface area contributed by atoms with Crippen molar-refractivity contribution >= 4 is 34.1 Å². The Morgan fingerprint density at radius 3 is 2.54 bits per heavy atom. The highest BCUT2D eigenvalue weighted by atomic mass is 16.1. The quantitative estimate of drug-likeness (QED) is 0.452. The number of aryl methyl sites for hydroxylation is 1. The zero-order chi connectivity index (χ0) is 24.4. The number of amides is 1. The van der Waals surface area contributed by atoms with Crippen molar-refractivity contribution in [2.75, 3.05) is 50.5 Å². The van der Waals surface area contributed by atoms with Gasteiger partial charge in [-0.05, 0) is 55.4 Å². The molecular formula is C28H30N6O. The van der Waals surface area contributed by atoms with Gasteiger partial charge in [-0.25, -0.2) is 9.97 Å². The molecule has 1 fully saturated rings. The van der Waals surface area contributed by atoms with Gasteiger partial charge in [-0.3, -0.25) is 4.79 Å². The van der Waals surface area contributed by atoms with Crippen LogP contribution in [0.5, 0.6) is 0 Å². The van der Waals surface area contributed by atoms with E-state index in [1.165, 1.54) is 11.3 Å². The van der Waals surface area contributed by atoms with Crippen LogP contribution in [0.15, 0.2) is 66.9 Å². The summed E-state index contributed by atoms with van der Waals surface area (Å²) in [6, 6.07) is 20.0. The van der Waals surface area contributed by atoms with E-state index in [9.17, 15) is 4.79 Å². The van der Waals surface area contributed by atoms with Gasteiger partial charge in [-0.15, -0.1) is 0 Å². The topological polar surface area (TPSA) is 73.4 Å². The SMILES string of the molecule is CNC(=O)c1cccc(-c2cccc3cnc(Nc4ccc(N5CCN(C)CC5)c(C)c4)nc23)c1. The predicted molar refractivity (Wildman–Crippen MR) is 143 cm³/mol. The fourth-order valence-electron chi connectivity index (χ4n) is 4.59. The van der Waals surface area contributed by atoms with Crippen molar-refractivity contribution in [3.8, 4) is 11.1 Å². The number of carbonyl (C=O) groups is 1. The van der Waals surface area contributed by atoms with E-state index in [2.05, 4.69) is 57.6 Å². The molecule has 178 valence electrons. The summed E-state index contributed by atoms with van der Waals surface area (Å²) in [7, 11) is 3.81. The van der Waals surface area contributed by atoms with Gasteiger partial charge in [0.15, 0.2) is 0 Å². The van der Waals surface area contributed by atoms with E-state index in [0.717, 1.165) is 53.9 Å². The van der Waals surface area contributed by atoms with E-state index >= 15 is 0 Å². The number of carbonyl (C=O) groups excluding carboxylic acids is 1. The third-order valence-corrected chi connectivity index (χ3v) is 6.57. The standard InChI is InChI=1S/C28H30N6O/c1-19-16-23(10-11-25(19)34-14-12-33(3)13-15-34)31-28-30-18-22-8-5-9-24(26(22)32-28)20-6-4-7-21(17-20)27(35)29-2/h4-11,16-18H,12-15H2,1-3H3,(H,29,35)(H,30,31,32). The maximum Gasteiger partial charge on any atom is 0.251 e. The molecule has 5 rings (SSSR count). The van der Waals surface area contributed by atoms with Crippen LogP contribution in [0, 0.1) is 6.92 Å². The first-order chi connectivity index (χ1) is 17.0. The predicted octanol–water partition coefficient (Wildman–Crippen LogP) is 4.46. The smallest absolute Gasteiger partial charge is 0.251 e. The van der Waals surface area contributed by atoms with Crippen LogP contribution in [-0.2, 0) is 0 Å². The average molecular weight is 467 g/mol. The third kappa shape index (κ3) is 4.81. The lowest BCUT2D eigenvalue weighted by Crippen LogP contribution is -2.44. The number of fused-ring (bicyclic) bond motifs is 1. The van der Waals surface area contributed by atoms with Gasteiger partial charge in [0.1, 0.15) is 0 Å². The molecule has 0 saturated carbocycles. The van der Waals surface area contributed by atoms with Crippen LogP contribution >= 0.6 is 0 Å². The molecule has 7 nitrogen and oxygen atoms in total. The highest BCUT2D eigenvalue weighted by Gasteiger charge is 2.16. The average Bonchev–Trinajstić information content (AvgIpc) is 2.89. The van der Waals surface area contributed by atoms with E-state index in [4.69, 9.17) is 4.98 Å². The molecule has 1 saturated heterocycles. The fourth-order valence-corrected chi connectivity index (χ4v) is 4.59. The Bertz CT molecular complexity index is 1380. The molecule has 1 amide bonds. The van der Waals surface area contributed by atoms with E-state index in [0.29, 0.717) is 11.5 Å². The third-order valence-electron chi connectivity index (χ3n) is 6.57. The van der Waals surface area contributed by atoms with Crippen LogP contribution in [0.1, 0.15) is 15.9 Å². The summed E-state index contributed by atoms with van der Waals surface area (Å²) >= 11 is 0. The van der Waals surface area contributed by atoms with E-state index in [1.807, 2.05) is 48.7 Å². The molecule has 4 aromatic rings. The second kappa shape index (κ2) is 9.72. The van der Waals surface area contributed by atoms with Crippen LogP contribution in [0.25, 0.3) is 22.0 Å². The number of likely N-dealkylation sites (N-methyl/N-ethyl adjacent to an activating group) is 1. The number of hydrogen-bond acceptors (Lipinski definition) is 6. The molecule has 0 atom stereocenters. The molecule has 2 heterocycles. The minimum atomic E-state index is -0.112. The molecule has 0 spiro atoms. The van der Waals surface area contributed by atoms with Crippen molar-refractivity contribution in [1.29, 1.82) is 0 Å². The molecular weight excluding hydrogens is 436 g/mol. The van der Waals surface area contributed by atoms with Crippen LogP contribution in [0.4, 0.5) is 17.3 Å². The molecule has 1 aliphatic rings. The Hall–Kier alpha value is -3.97. The number of anilines is 3. The summed E-state index contributed by atoms with van der Waals surface area (Å²) in [4.78, 5) is 26.3. The minimum absolute atomic E-state index is 0.112. The highest BCUT2D eigenvalue weighted by Crippen LogP contribution is 2.30. The summed E-state index contributed by atoms with van der Waals surface area (Å²) < 4.78 is 0. The summed E-state index contributed by atoms with van der Waals surface area (Å²) in [5, 5.41) is 7.01. The number of hydrogen-bond donors (Lipinski definition) is 2. The molecule has 7 heteroatoms. The molecule has 0 bridgehead atoms. The number of benzene rings is 3. The summed E-state index contributed by atoms with van der Waals surface area (Å²) in [6.07, 6.45) is 1.84. The molecule has 1 aliphatic heterocycles. The Morgan fingerprint density at radius 1 is 0.971 bits per heavy atom. The Morgan fingerprint density at radius 2 is 1.77 bits per heavy atom. The van der Waals surface area contributed by atoms with Crippen molar-refractivity contribution in [3.63, 3.8) is 0 Å². The normalized spacial score (nSPS) is 14.2. The number of aromatic nitrogens is 2. The second-order valence-corrected chi connectivity index (χ2v) is 9.01.